The van der Waals surface area contributed by atoms with Crippen molar-refractivity contribution in [3.05, 3.63) is 33.8 Å². The number of ether oxygens (including phenoxy) is 1. The number of likely N-dealkylation sites (tertiary alicyclic amines) is 1. The lowest BCUT2D eigenvalue weighted by Crippen LogP contribution is -2.47. The molecule has 0 bridgehead atoms. The largest absolute Gasteiger partial charge is 0.444 e. The minimum absolute atomic E-state index is 0.142. The van der Waals surface area contributed by atoms with E-state index in [0.29, 0.717) is 23.0 Å². The van der Waals surface area contributed by atoms with Crippen molar-refractivity contribution in [1.29, 1.82) is 0 Å². The summed E-state index contributed by atoms with van der Waals surface area (Å²) in [5.41, 5.74) is 0.453. The SMILES string of the molecule is CC(C)(C)OC(=O)N1CCC(c2ccc(Cl)c(Cl)c2)CC1O. The van der Waals surface area contributed by atoms with Gasteiger partial charge in [0.15, 0.2) is 0 Å². The molecule has 122 valence electrons. The molecule has 1 fully saturated rings. The van der Waals surface area contributed by atoms with Crippen molar-refractivity contribution in [2.45, 2.75) is 51.4 Å². The van der Waals surface area contributed by atoms with Gasteiger partial charge >= 0.3 is 6.09 Å². The van der Waals surface area contributed by atoms with Crippen molar-refractivity contribution in [3.8, 4) is 0 Å². The molecule has 1 aliphatic heterocycles. The molecule has 1 N–H and O–H groups in total. The van der Waals surface area contributed by atoms with E-state index in [1.54, 1.807) is 26.8 Å². The van der Waals surface area contributed by atoms with Gasteiger partial charge in [0.2, 0.25) is 0 Å². The predicted molar refractivity (Wildman–Crippen MR) is 87.4 cm³/mol. The Kier molecular flexibility index (Phi) is 5.25. The Morgan fingerprint density at radius 2 is 2.00 bits per heavy atom. The number of piperidine rings is 1. The van der Waals surface area contributed by atoms with Crippen LogP contribution in [0.5, 0.6) is 0 Å². The third-order valence-corrected chi connectivity index (χ3v) is 4.36. The van der Waals surface area contributed by atoms with E-state index in [1.165, 1.54) is 4.90 Å². The third-order valence-electron chi connectivity index (χ3n) is 3.62. The number of benzene rings is 1. The first-order valence-electron chi connectivity index (χ1n) is 7.30. The van der Waals surface area contributed by atoms with Crippen LogP contribution >= 0.6 is 23.2 Å². The van der Waals surface area contributed by atoms with Gasteiger partial charge in [-0.3, -0.25) is 4.90 Å². The fraction of sp³-hybridized carbons (Fsp3) is 0.562. The second kappa shape index (κ2) is 6.65. The lowest BCUT2D eigenvalue weighted by molar-refractivity contribution is -0.0492. The first-order chi connectivity index (χ1) is 10.2. The van der Waals surface area contributed by atoms with E-state index in [2.05, 4.69) is 0 Å². The van der Waals surface area contributed by atoms with Crippen molar-refractivity contribution in [2.24, 2.45) is 0 Å². The molecule has 0 spiro atoms. The standard InChI is InChI=1S/C16H21Cl2NO3/c1-16(2,3)22-15(21)19-7-6-11(9-14(19)20)10-4-5-12(17)13(18)8-10/h4-5,8,11,14,20H,6-7,9H2,1-3H3. The van der Waals surface area contributed by atoms with Crippen molar-refractivity contribution in [3.63, 3.8) is 0 Å². The maximum Gasteiger partial charge on any atom is 0.412 e. The highest BCUT2D eigenvalue weighted by molar-refractivity contribution is 6.42. The smallest absolute Gasteiger partial charge is 0.412 e. The summed E-state index contributed by atoms with van der Waals surface area (Å²) >= 11 is 12.0. The lowest BCUT2D eigenvalue weighted by Gasteiger charge is -2.37. The van der Waals surface area contributed by atoms with Crippen LogP contribution in [-0.2, 0) is 4.74 Å². The first kappa shape index (κ1) is 17.4. The molecule has 2 rings (SSSR count). The molecule has 1 amide bonds. The van der Waals surface area contributed by atoms with Gasteiger partial charge in [-0.05, 0) is 57.2 Å². The summed E-state index contributed by atoms with van der Waals surface area (Å²) in [5.74, 6) is 0.142. The third kappa shape index (κ3) is 4.28. The van der Waals surface area contributed by atoms with E-state index >= 15 is 0 Å². The minimum atomic E-state index is -0.858. The van der Waals surface area contributed by atoms with E-state index < -0.39 is 17.9 Å². The second-order valence-corrected chi connectivity index (χ2v) is 7.36. The van der Waals surface area contributed by atoms with Crippen LogP contribution in [0, 0.1) is 0 Å². The molecule has 0 radical (unpaired) electrons. The first-order valence-corrected chi connectivity index (χ1v) is 8.05. The Balaban J connectivity index is 2.03. The van der Waals surface area contributed by atoms with E-state index in [-0.39, 0.29) is 5.92 Å². The number of rotatable bonds is 1. The summed E-state index contributed by atoms with van der Waals surface area (Å²) in [6.07, 6.45) is -0.137. The van der Waals surface area contributed by atoms with Crippen LogP contribution in [0.2, 0.25) is 10.0 Å². The van der Waals surface area contributed by atoms with E-state index in [4.69, 9.17) is 27.9 Å². The molecule has 0 aromatic heterocycles. The molecule has 4 nitrogen and oxygen atoms in total. The predicted octanol–water partition coefficient (Wildman–Crippen LogP) is 4.43. The van der Waals surface area contributed by atoms with Crippen LogP contribution in [0.15, 0.2) is 18.2 Å². The summed E-state index contributed by atoms with van der Waals surface area (Å²) in [6.45, 7) is 5.86. The second-order valence-electron chi connectivity index (χ2n) is 6.55. The van der Waals surface area contributed by atoms with Crippen LogP contribution in [0.4, 0.5) is 4.79 Å². The lowest BCUT2D eigenvalue weighted by atomic mass is 9.88. The average Bonchev–Trinajstić information content (AvgIpc) is 2.39. The zero-order valence-corrected chi connectivity index (χ0v) is 14.5. The van der Waals surface area contributed by atoms with E-state index in [0.717, 1.165) is 12.0 Å². The quantitative estimate of drug-likeness (QED) is 0.819. The number of amides is 1. The van der Waals surface area contributed by atoms with Gasteiger partial charge in [0, 0.05) is 6.54 Å². The maximum atomic E-state index is 12.1. The number of nitrogens with zero attached hydrogens (tertiary/aromatic N) is 1. The van der Waals surface area contributed by atoms with Gasteiger partial charge in [0.25, 0.3) is 0 Å². The Hall–Kier alpha value is -0.970. The number of carbonyl (C=O) groups excluding carboxylic acids is 1. The van der Waals surface area contributed by atoms with Gasteiger partial charge in [-0.15, -0.1) is 0 Å². The maximum absolute atomic E-state index is 12.1. The highest BCUT2D eigenvalue weighted by Gasteiger charge is 2.33. The zero-order valence-electron chi connectivity index (χ0n) is 13.0. The minimum Gasteiger partial charge on any atom is -0.444 e. The highest BCUT2D eigenvalue weighted by Crippen LogP contribution is 2.34. The fourth-order valence-electron chi connectivity index (χ4n) is 2.55. The van der Waals surface area contributed by atoms with Gasteiger partial charge < -0.3 is 9.84 Å². The van der Waals surface area contributed by atoms with Crippen molar-refractivity contribution in [2.75, 3.05) is 6.54 Å². The molecule has 1 aromatic rings. The van der Waals surface area contributed by atoms with Crippen LogP contribution in [0.1, 0.15) is 45.1 Å². The number of carbonyl (C=O) groups is 1. The number of aliphatic hydroxyl groups excluding tert-OH is 1. The number of aliphatic hydroxyl groups is 1. The van der Waals surface area contributed by atoms with Crippen LogP contribution in [0.3, 0.4) is 0 Å². The molecule has 2 atom stereocenters. The highest BCUT2D eigenvalue weighted by atomic mass is 35.5. The fourth-order valence-corrected chi connectivity index (χ4v) is 2.85. The number of hydrogen-bond acceptors (Lipinski definition) is 3. The van der Waals surface area contributed by atoms with Crippen molar-refractivity contribution in [1.82, 2.24) is 4.90 Å². The van der Waals surface area contributed by atoms with Crippen LogP contribution < -0.4 is 0 Å². The Labute approximate surface area is 141 Å². The topological polar surface area (TPSA) is 49.8 Å². The Morgan fingerprint density at radius 3 is 2.55 bits per heavy atom. The molecule has 1 aromatic carbocycles. The summed E-state index contributed by atoms with van der Waals surface area (Å²) in [5, 5.41) is 11.3. The van der Waals surface area contributed by atoms with Crippen molar-refractivity contribution >= 4 is 29.3 Å². The Bertz CT molecular complexity index is 557. The van der Waals surface area contributed by atoms with Gasteiger partial charge in [-0.2, -0.15) is 0 Å². The van der Waals surface area contributed by atoms with Gasteiger partial charge in [-0.1, -0.05) is 29.3 Å². The normalized spacial score (nSPS) is 22.5. The van der Waals surface area contributed by atoms with E-state index in [9.17, 15) is 9.90 Å². The number of halogens is 2. The molecule has 1 saturated heterocycles. The molecule has 1 heterocycles. The molecule has 6 heteroatoms. The average molecular weight is 346 g/mol. The molecule has 1 aliphatic rings. The molecule has 2 unspecified atom stereocenters. The molecular formula is C16H21Cl2NO3. The van der Waals surface area contributed by atoms with Crippen molar-refractivity contribution < 1.29 is 14.6 Å². The van der Waals surface area contributed by atoms with Gasteiger partial charge in [-0.25, -0.2) is 4.79 Å². The Morgan fingerprint density at radius 1 is 1.32 bits per heavy atom. The summed E-state index contributed by atoms with van der Waals surface area (Å²) in [6, 6.07) is 5.49. The molecular weight excluding hydrogens is 325 g/mol. The van der Waals surface area contributed by atoms with Crippen LogP contribution in [-0.4, -0.2) is 34.5 Å². The summed E-state index contributed by atoms with van der Waals surface area (Å²) < 4.78 is 5.31. The summed E-state index contributed by atoms with van der Waals surface area (Å²) in [4.78, 5) is 13.4. The molecule has 0 aliphatic carbocycles. The zero-order chi connectivity index (χ0) is 16.5. The summed E-state index contributed by atoms with van der Waals surface area (Å²) in [7, 11) is 0. The molecule has 22 heavy (non-hydrogen) atoms. The van der Waals surface area contributed by atoms with E-state index in [1.807, 2.05) is 12.1 Å². The number of hydrogen-bond donors (Lipinski definition) is 1. The van der Waals surface area contributed by atoms with Crippen LogP contribution in [0.25, 0.3) is 0 Å². The monoisotopic (exact) mass is 345 g/mol. The van der Waals surface area contributed by atoms with Gasteiger partial charge in [0.05, 0.1) is 10.0 Å². The molecule has 0 saturated carbocycles. The van der Waals surface area contributed by atoms with Gasteiger partial charge in [0.1, 0.15) is 11.8 Å².